The molecule has 2 aliphatic heterocycles. The van der Waals surface area contributed by atoms with Crippen molar-refractivity contribution in [3.8, 4) is 0 Å². The third-order valence-electron chi connectivity index (χ3n) is 3.95. The summed E-state index contributed by atoms with van der Waals surface area (Å²) in [5.74, 6) is 0. The molecule has 3 unspecified atom stereocenters. The van der Waals surface area contributed by atoms with Gasteiger partial charge in [0.1, 0.15) is 0 Å². The van der Waals surface area contributed by atoms with Crippen molar-refractivity contribution in [3.63, 3.8) is 0 Å². The van der Waals surface area contributed by atoms with Crippen molar-refractivity contribution >= 4 is 0 Å². The Bertz CT molecular complexity index is 202. The topological polar surface area (TPSA) is 24.5 Å². The summed E-state index contributed by atoms with van der Waals surface area (Å²) in [6.45, 7) is 9.19. The average Bonchev–Trinajstić information content (AvgIpc) is 2.79. The van der Waals surface area contributed by atoms with Crippen LogP contribution < -0.4 is 5.32 Å². The lowest BCUT2D eigenvalue weighted by Crippen LogP contribution is -2.45. The molecule has 0 aromatic carbocycles. The van der Waals surface area contributed by atoms with E-state index in [9.17, 15) is 0 Å². The minimum Gasteiger partial charge on any atom is -0.378 e. The van der Waals surface area contributed by atoms with E-state index in [0.29, 0.717) is 18.2 Å². The third-order valence-corrected chi connectivity index (χ3v) is 3.95. The lowest BCUT2D eigenvalue weighted by atomic mass is 10.0. The van der Waals surface area contributed by atoms with E-state index >= 15 is 0 Å². The Balaban J connectivity index is 1.65. The monoisotopic (exact) mass is 226 g/mol. The highest BCUT2D eigenvalue weighted by atomic mass is 16.5. The molecule has 16 heavy (non-hydrogen) atoms. The van der Waals surface area contributed by atoms with Crippen LogP contribution in [-0.4, -0.2) is 49.3 Å². The molecule has 0 bridgehead atoms. The maximum absolute atomic E-state index is 5.56. The predicted octanol–water partition coefficient (Wildman–Crippen LogP) is 1.63. The van der Waals surface area contributed by atoms with Crippen LogP contribution in [0, 0.1) is 0 Å². The number of hydrogen-bond acceptors (Lipinski definition) is 3. The molecule has 3 nitrogen and oxygen atoms in total. The van der Waals surface area contributed by atoms with E-state index in [1.54, 1.807) is 0 Å². The predicted molar refractivity (Wildman–Crippen MR) is 66.7 cm³/mol. The number of hydrogen-bond donors (Lipinski definition) is 1. The van der Waals surface area contributed by atoms with Crippen molar-refractivity contribution in [2.75, 3.05) is 26.2 Å². The van der Waals surface area contributed by atoms with Crippen LogP contribution in [0.3, 0.4) is 0 Å². The van der Waals surface area contributed by atoms with Gasteiger partial charge in [-0.2, -0.15) is 0 Å². The lowest BCUT2D eigenvalue weighted by Gasteiger charge is -2.31. The van der Waals surface area contributed by atoms with Crippen LogP contribution in [0.4, 0.5) is 0 Å². The molecule has 1 N–H and O–H groups in total. The molecule has 0 spiro atoms. The number of nitrogens with zero attached hydrogens (tertiary/aromatic N) is 1. The normalized spacial score (nSPS) is 34.1. The zero-order chi connectivity index (χ0) is 11.4. The highest BCUT2D eigenvalue weighted by Gasteiger charge is 2.22. The molecule has 3 heteroatoms. The second-order valence-electron chi connectivity index (χ2n) is 5.40. The zero-order valence-corrected chi connectivity index (χ0v) is 10.7. The number of nitrogens with one attached hydrogen (secondary N) is 1. The van der Waals surface area contributed by atoms with E-state index in [1.807, 2.05) is 0 Å². The van der Waals surface area contributed by atoms with Crippen molar-refractivity contribution in [1.82, 2.24) is 10.2 Å². The molecular weight excluding hydrogens is 200 g/mol. The molecule has 0 aliphatic carbocycles. The molecule has 0 amide bonds. The van der Waals surface area contributed by atoms with Crippen LogP contribution in [0.15, 0.2) is 0 Å². The molecular formula is C13H26N2O. The average molecular weight is 226 g/mol. The third kappa shape index (κ3) is 3.44. The summed E-state index contributed by atoms with van der Waals surface area (Å²) >= 11 is 0. The van der Waals surface area contributed by atoms with E-state index in [1.165, 1.54) is 38.8 Å². The van der Waals surface area contributed by atoms with E-state index in [-0.39, 0.29) is 0 Å². The first-order valence-electron chi connectivity index (χ1n) is 6.84. The summed E-state index contributed by atoms with van der Waals surface area (Å²) in [7, 11) is 0. The van der Waals surface area contributed by atoms with Gasteiger partial charge in [-0.25, -0.2) is 0 Å². The second kappa shape index (κ2) is 5.99. The summed E-state index contributed by atoms with van der Waals surface area (Å²) in [6.07, 6.45) is 5.56. The number of ether oxygens (including phenoxy) is 1. The minimum absolute atomic E-state index is 0.438. The first kappa shape index (κ1) is 12.3. The van der Waals surface area contributed by atoms with Crippen LogP contribution in [0.1, 0.15) is 39.5 Å². The fraction of sp³-hybridized carbons (Fsp3) is 1.00. The van der Waals surface area contributed by atoms with Crippen molar-refractivity contribution in [2.24, 2.45) is 0 Å². The minimum atomic E-state index is 0.438. The van der Waals surface area contributed by atoms with Gasteiger partial charge in [-0.1, -0.05) is 0 Å². The van der Waals surface area contributed by atoms with Gasteiger partial charge in [-0.3, -0.25) is 4.90 Å². The summed E-state index contributed by atoms with van der Waals surface area (Å²) in [5.41, 5.74) is 0. The van der Waals surface area contributed by atoms with E-state index in [0.717, 1.165) is 13.2 Å². The summed E-state index contributed by atoms with van der Waals surface area (Å²) < 4.78 is 5.56. The molecule has 94 valence electrons. The smallest absolute Gasteiger partial charge is 0.0561 e. The molecule has 2 fully saturated rings. The number of likely N-dealkylation sites (tertiary alicyclic amines) is 1. The van der Waals surface area contributed by atoms with E-state index < -0.39 is 0 Å². The second-order valence-corrected chi connectivity index (χ2v) is 5.40. The molecule has 0 aromatic heterocycles. The van der Waals surface area contributed by atoms with Crippen LogP contribution in [0.5, 0.6) is 0 Å². The Morgan fingerprint density at radius 3 is 2.81 bits per heavy atom. The van der Waals surface area contributed by atoms with Gasteiger partial charge in [0.2, 0.25) is 0 Å². The maximum atomic E-state index is 5.56. The zero-order valence-electron chi connectivity index (χ0n) is 10.7. The van der Waals surface area contributed by atoms with Crippen molar-refractivity contribution < 1.29 is 4.74 Å². The summed E-state index contributed by atoms with van der Waals surface area (Å²) in [6, 6.07) is 1.37. The van der Waals surface area contributed by atoms with E-state index in [4.69, 9.17) is 4.74 Å². The largest absolute Gasteiger partial charge is 0.378 e. The fourth-order valence-electron chi connectivity index (χ4n) is 2.83. The molecule has 0 aromatic rings. The van der Waals surface area contributed by atoms with Crippen molar-refractivity contribution in [3.05, 3.63) is 0 Å². The van der Waals surface area contributed by atoms with Gasteiger partial charge in [0.05, 0.1) is 6.10 Å². The van der Waals surface area contributed by atoms with Crippen LogP contribution in [-0.2, 0) is 4.74 Å². The molecule has 2 saturated heterocycles. The first-order chi connectivity index (χ1) is 7.75. The van der Waals surface area contributed by atoms with Crippen molar-refractivity contribution in [1.29, 1.82) is 0 Å². The Hall–Kier alpha value is -0.120. The standard InChI is InChI=1S/C13H26N2O/c1-11(15-6-3-4-7-15)10-14-13-5-8-16-12(2)9-13/h11-14H,3-10H2,1-2H3. The Kier molecular flexibility index (Phi) is 4.62. The Morgan fingerprint density at radius 2 is 2.12 bits per heavy atom. The quantitative estimate of drug-likeness (QED) is 0.788. The molecule has 3 atom stereocenters. The molecule has 0 saturated carbocycles. The Labute approximate surface area is 99.5 Å². The summed E-state index contributed by atoms with van der Waals surface area (Å²) in [5, 5.41) is 3.71. The SMILES string of the molecule is CC1CC(NCC(C)N2CCCC2)CCO1. The maximum Gasteiger partial charge on any atom is 0.0561 e. The van der Waals surface area contributed by atoms with Crippen LogP contribution in [0.2, 0.25) is 0 Å². The first-order valence-corrected chi connectivity index (χ1v) is 6.84. The Morgan fingerprint density at radius 1 is 1.38 bits per heavy atom. The summed E-state index contributed by atoms with van der Waals surface area (Å²) in [4.78, 5) is 2.61. The van der Waals surface area contributed by atoms with Gasteiger partial charge in [-0.15, -0.1) is 0 Å². The van der Waals surface area contributed by atoms with Gasteiger partial charge >= 0.3 is 0 Å². The van der Waals surface area contributed by atoms with Crippen LogP contribution >= 0.6 is 0 Å². The van der Waals surface area contributed by atoms with Gasteiger partial charge < -0.3 is 10.1 Å². The van der Waals surface area contributed by atoms with Crippen molar-refractivity contribution in [2.45, 2.75) is 57.7 Å². The highest BCUT2D eigenvalue weighted by molar-refractivity contribution is 4.79. The van der Waals surface area contributed by atoms with Gasteiger partial charge in [-0.05, 0) is 52.6 Å². The molecule has 2 rings (SSSR count). The van der Waals surface area contributed by atoms with Gasteiger partial charge in [0.15, 0.2) is 0 Å². The van der Waals surface area contributed by atoms with Crippen LogP contribution in [0.25, 0.3) is 0 Å². The van der Waals surface area contributed by atoms with E-state index in [2.05, 4.69) is 24.1 Å². The van der Waals surface area contributed by atoms with Gasteiger partial charge in [0.25, 0.3) is 0 Å². The molecule has 2 heterocycles. The number of rotatable bonds is 4. The fourth-order valence-corrected chi connectivity index (χ4v) is 2.83. The highest BCUT2D eigenvalue weighted by Crippen LogP contribution is 2.14. The lowest BCUT2D eigenvalue weighted by molar-refractivity contribution is 0.0123. The molecule has 2 aliphatic rings. The molecule has 0 radical (unpaired) electrons. The van der Waals surface area contributed by atoms with Gasteiger partial charge in [0, 0.05) is 25.2 Å².